The van der Waals surface area contributed by atoms with E-state index in [9.17, 15) is 4.79 Å². The van der Waals surface area contributed by atoms with Gasteiger partial charge < -0.3 is 34.9 Å². The Kier molecular flexibility index (Phi) is 8.57. The van der Waals surface area contributed by atoms with E-state index in [1.54, 1.807) is 7.11 Å². The van der Waals surface area contributed by atoms with Gasteiger partial charge in [0.15, 0.2) is 6.10 Å². The molecule has 0 aromatic heterocycles. The number of hydrogen-bond donors (Lipinski definition) is 2. The number of aryl methyl sites for hydroxylation is 1. The summed E-state index contributed by atoms with van der Waals surface area (Å²) in [5, 5.41) is 3.55. The van der Waals surface area contributed by atoms with Crippen LogP contribution in [0.15, 0.2) is 36.1 Å². The molecule has 0 saturated carbocycles. The summed E-state index contributed by atoms with van der Waals surface area (Å²) in [6.45, 7) is 9.43. The van der Waals surface area contributed by atoms with Crippen LogP contribution in [-0.4, -0.2) is 94.1 Å². The van der Waals surface area contributed by atoms with Crippen molar-refractivity contribution < 1.29 is 23.7 Å². The van der Waals surface area contributed by atoms with Crippen LogP contribution in [0, 0.1) is 0 Å². The molecule has 1 aromatic carbocycles. The van der Waals surface area contributed by atoms with Crippen molar-refractivity contribution in [1.29, 1.82) is 0 Å². The summed E-state index contributed by atoms with van der Waals surface area (Å²) in [7, 11) is 1.70. The molecule has 3 aliphatic heterocycles. The van der Waals surface area contributed by atoms with Crippen LogP contribution in [0.2, 0.25) is 0 Å². The van der Waals surface area contributed by atoms with E-state index < -0.39 is 17.6 Å². The van der Waals surface area contributed by atoms with Crippen LogP contribution >= 0.6 is 0 Å². The molecule has 38 heavy (non-hydrogen) atoms. The topological polar surface area (TPSA) is 98.5 Å². The Morgan fingerprint density at radius 2 is 2.11 bits per heavy atom. The number of allylic oxidation sites excluding steroid dienone is 1. The number of piperazine rings is 1. The van der Waals surface area contributed by atoms with Crippen molar-refractivity contribution in [2.45, 2.75) is 50.3 Å². The van der Waals surface area contributed by atoms with E-state index in [2.05, 4.69) is 39.4 Å². The maximum atomic E-state index is 12.1. The zero-order chi connectivity index (χ0) is 26.5. The first-order valence-electron chi connectivity index (χ1n) is 14.0. The molecule has 1 aromatic rings. The maximum Gasteiger partial charge on any atom is 0.258 e. The zero-order valence-corrected chi connectivity index (χ0v) is 22.7. The molecule has 0 radical (unpaired) electrons. The highest BCUT2D eigenvalue weighted by Gasteiger charge is 2.43. The number of methoxy groups -OCH3 is 1. The molecule has 1 amide bonds. The van der Waals surface area contributed by atoms with Crippen molar-refractivity contribution in [1.82, 2.24) is 15.1 Å². The van der Waals surface area contributed by atoms with Gasteiger partial charge in [-0.2, -0.15) is 0 Å². The van der Waals surface area contributed by atoms with Gasteiger partial charge in [-0.3, -0.25) is 9.69 Å². The zero-order valence-electron chi connectivity index (χ0n) is 22.7. The van der Waals surface area contributed by atoms with E-state index in [1.165, 1.54) is 5.70 Å². The predicted molar refractivity (Wildman–Crippen MR) is 145 cm³/mol. The second-order valence-corrected chi connectivity index (χ2v) is 10.4. The second-order valence-electron chi connectivity index (χ2n) is 10.4. The molecule has 3 heterocycles. The highest BCUT2D eigenvalue weighted by atomic mass is 16.5. The SMILES string of the molecule is CCOCCC1CNCCN1C1=CCC(c2cc(OC)cc3c2OC(C(N)=O)CC3)(N2CCOCC2)C=C1. The van der Waals surface area contributed by atoms with Crippen molar-refractivity contribution in [2.24, 2.45) is 5.73 Å². The first kappa shape index (κ1) is 27.0. The van der Waals surface area contributed by atoms with E-state index in [1.807, 2.05) is 13.0 Å². The average molecular weight is 527 g/mol. The molecule has 3 atom stereocenters. The number of nitrogens with one attached hydrogen (secondary N) is 1. The lowest BCUT2D eigenvalue weighted by atomic mass is 9.78. The van der Waals surface area contributed by atoms with Gasteiger partial charge in [0, 0.05) is 63.2 Å². The first-order valence-corrected chi connectivity index (χ1v) is 14.0. The molecule has 1 aliphatic carbocycles. The van der Waals surface area contributed by atoms with Crippen molar-refractivity contribution in [2.75, 3.05) is 66.3 Å². The number of morpholine rings is 1. The predicted octanol–water partition coefficient (Wildman–Crippen LogP) is 1.95. The van der Waals surface area contributed by atoms with E-state index in [4.69, 9.17) is 24.7 Å². The van der Waals surface area contributed by atoms with Gasteiger partial charge in [0.25, 0.3) is 5.91 Å². The number of fused-ring (bicyclic) bond motifs is 1. The number of carbonyl (C=O) groups excluding carboxylic acids is 1. The highest BCUT2D eigenvalue weighted by molar-refractivity contribution is 5.79. The lowest BCUT2D eigenvalue weighted by Crippen LogP contribution is -2.53. The quantitative estimate of drug-likeness (QED) is 0.471. The van der Waals surface area contributed by atoms with Crippen LogP contribution in [0.25, 0.3) is 0 Å². The highest BCUT2D eigenvalue weighted by Crippen LogP contribution is 2.47. The van der Waals surface area contributed by atoms with Crippen molar-refractivity contribution >= 4 is 5.91 Å². The van der Waals surface area contributed by atoms with Crippen LogP contribution in [0.4, 0.5) is 0 Å². The summed E-state index contributed by atoms with van der Waals surface area (Å²) in [5.74, 6) is 1.15. The molecule has 4 aliphatic rings. The lowest BCUT2D eigenvalue weighted by molar-refractivity contribution is -0.125. The van der Waals surface area contributed by atoms with Crippen molar-refractivity contribution in [3.8, 4) is 11.5 Å². The third kappa shape index (κ3) is 5.43. The molecule has 0 bridgehead atoms. The van der Waals surface area contributed by atoms with Crippen LogP contribution in [0.5, 0.6) is 11.5 Å². The summed E-state index contributed by atoms with van der Waals surface area (Å²) < 4.78 is 23.5. The summed E-state index contributed by atoms with van der Waals surface area (Å²) in [5.41, 5.74) is 8.58. The van der Waals surface area contributed by atoms with Gasteiger partial charge in [-0.25, -0.2) is 0 Å². The summed E-state index contributed by atoms with van der Waals surface area (Å²) in [4.78, 5) is 17.1. The molecule has 0 spiro atoms. The van der Waals surface area contributed by atoms with Gasteiger partial charge in [-0.05, 0) is 56.4 Å². The molecule has 3 unspecified atom stereocenters. The van der Waals surface area contributed by atoms with E-state index in [-0.39, 0.29) is 0 Å². The Labute approximate surface area is 225 Å². The molecule has 9 heteroatoms. The maximum absolute atomic E-state index is 12.1. The minimum absolute atomic E-state index is 0.395. The third-order valence-corrected chi connectivity index (χ3v) is 8.30. The molecular weight excluding hydrogens is 484 g/mol. The number of hydrogen-bond acceptors (Lipinski definition) is 8. The van der Waals surface area contributed by atoms with Gasteiger partial charge >= 0.3 is 0 Å². The first-order chi connectivity index (χ1) is 18.6. The molecule has 9 nitrogen and oxygen atoms in total. The largest absolute Gasteiger partial charge is 0.497 e. The van der Waals surface area contributed by atoms with Gasteiger partial charge in [0.05, 0.1) is 25.9 Å². The normalized spacial score (nSPS) is 27.8. The van der Waals surface area contributed by atoms with E-state index in [0.29, 0.717) is 25.7 Å². The number of benzene rings is 1. The number of rotatable bonds is 9. The molecule has 2 saturated heterocycles. The molecule has 5 rings (SSSR count). The van der Waals surface area contributed by atoms with Crippen molar-refractivity contribution in [3.63, 3.8) is 0 Å². The Balaban J connectivity index is 1.51. The second kappa shape index (κ2) is 12.1. The van der Waals surface area contributed by atoms with Crippen LogP contribution in [-0.2, 0) is 26.2 Å². The van der Waals surface area contributed by atoms with E-state index in [0.717, 1.165) is 87.8 Å². The van der Waals surface area contributed by atoms with Crippen LogP contribution in [0.1, 0.15) is 37.3 Å². The molecular formula is C29H42N4O5. The van der Waals surface area contributed by atoms with Gasteiger partial charge in [0.2, 0.25) is 0 Å². The van der Waals surface area contributed by atoms with Gasteiger partial charge in [-0.15, -0.1) is 0 Å². The number of ether oxygens (including phenoxy) is 4. The summed E-state index contributed by atoms with van der Waals surface area (Å²) in [6.07, 6.45) is 9.43. The van der Waals surface area contributed by atoms with Gasteiger partial charge in [0.1, 0.15) is 11.5 Å². The fraction of sp³-hybridized carbons (Fsp3) is 0.621. The fourth-order valence-electron chi connectivity index (χ4n) is 6.23. The molecule has 2 fully saturated rings. The number of amides is 1. The van der Waals surface area contributed by atoms with Gasteiger partial charge in [-0.1, -0.05) is 12.2 Å². The third-order valence-electron chi connectivity index (χ3n) is 8.30. The monoisotopic (exact) mass is 526 g/mol. The summed E-state index contributed by atoms with van der Waals surface area (Å²) in [6, 6.07) is 4.50. The van der Waals surface area contributed by atoms with Crippen molar-refractivity contribution in [3.05, 3.63) is 47.2 Å². The minimum Gasteiger partial charge on any atom is -0.497 e. The number of nitrogens with two attached hydrogens (primary N) is 1. The number of primary amides is 1. The Bertz CT molecular complexity index is 1050. The Morgan fingerprint density at radius 1 is 1.26 bits per heavy atom. The molecule has 208 valence electrons. The smallest absolute Gasteiger partial charge is 0.258 e. The summed E-state index contributed by atoms with van der Waals surface area (Å²) >= 11 is 0. The van der Waals surface area contributed by atoms with Crippen LogP contribution < -0.4 is 20.5 Å². The lowest BCUT2D eigenvalue weighted by Gasteiger charge is -2.48. The molecule has 3 N–H and O–H groups in total. The van der Waals surface area contributed by atoms with E-state index >= 15 is 0 Å². The average Bonchev–Trinajstić information content (AvgIpc) is 2.97. The number of nitrogens with zero attached hydrogens (tertiary/aromatic N) is 2. The fourth-order valence-corrected chi connectivity index (χ4v) is 6.23. The Morgan fingerprint density at radius 3 is 2.82 bits per heavy atom. The minimum atomic E-state index is -0.623. The number of carbonyl (C=O) groups is 1. The Hall–Kier alpha value is -2.59. The standard InChI is InChI=1S/C29H42N4O5/c1-3-36-15-8-23-20-31-11-12-33(23)22-6-9-29(10-7-22,32-13-16-37-17-14-32)25-19-24(35-2)18-21-4-5-26(28(30)34)38-27(21)25/h6-7,9,18-19,23,26,31H,3-5,8,10-17,20H2,1-2H3,(H2,30,34). The van der Waals surface area contributed by atoms with Crippen LogP contribution in [0.3, 0.4) is 0 Å².